The number of nitrogens with zero attached hydrogens (tertiary/aromatic N) is 2. The van der Waals surface area contributed by atoms with Gasteiger partial charge in [-0.3, -0.25) is 14.9 Å². The van der Waals surface area contributed by atoms with E-state index in [9.17, 15) is 14.9 Å². The number of rotatable bonds is 3. The van der Waals surface area contributed by atoms with Gasteiger partial charge in [-0.1, -0.05) is 0 Å². The van der Waals surface area contributed by atoms with Crippen molar-refractivity contribution in [3.05, 3.63) is 39.4 Å². The number of nitrogens with two attached hydrogens (primary N) is 1. The summed E-state index contributed by atoms with van der Waals surface area (Å²) in [6.07, 6.45) is 1.82. The summed E-state index contributed by atoms with van der Waals surface area (Å²) in [6, 6.07) is 4.68. The number of halogens is 1. The first-order valence-corrected chi connectivity index (χ1v) is 7.20. The van der Waals surface area contributed by atoms with E-state index in [1.165, 1.54) is 12.1 Å². The van der Waals surface area contributed by atoms with Crippen LogP contribution >= 0.6 is 12.4 Å². The fraction of sp³-hybridized carbons (Fsp3) is 0.533. The van der Waals surface area contributed by atoms with Gasteiger partial charge in [-0.05, 0) is 44.7 Å². The fourth-order valence-corrected chi connectivity index (χ4v) is 2.80. The van der Waals surface area contributed by atoms with Crippen molar-refractivity contribution < 1.29 is 9.72 Å². The van der Waals surface area contributed by atoms with Gasteiger partial charge in [-0.25, -0.2) is 0 Å². The Morgan fingerprint density at radius 1 is 1.41 bits per heavy atom. The molecule has 1 amide bonds. The highest BCUT2D eigenvalue weighted by Gasteiger charge is 2.26. The van der Waals surface area contributed by atoms with E-state index in [4.69, 9.17) is 5.73 Å². The summed E-state index contributed by atoms with van der Waals surface area (Å²) in [5.41, 5.74) is 6.96. The van der Waals surface area contributed by atoms with Gasteiger partial charge < -0.3 is 10.6 Å². The lowest BCUT2D eigenvalue weighted by Gasteiger charge is -2.33. The molecule has 22 heavy (non-hydrogen) atoms. The molecule has 0 aromatic heterocycles. The summed E-state index contributed by atoms with van der Waals surface area (Å²) in [6.45, 7) is 5.04. The smallest absolute Gasteiger partial charge is 0.272 e. The van der Waals surface area contributed by atoms with Crippen molar-refractivity contribution >= 4 is 24.0 Å². The van der Waals surface area contributed by atoms with Crippen LogP contribution in [0.3, 0.4) is 0 Å². The fourth-order valence-electron chi connectivity index (χ4n) is 2.80. The third kappa shape index (κ3) is 3.96. The zero-order chi connectivity index (χ0) is 15.6. The van der Waals surface area contributed by atoms with E-state index in [1.807, 2.05) is 6.92 Å². The van der Waals surface area contributed by atoms with Crippen LogP contribution in [0.15, 0.2) is 18.2 Å². The van der Waals surface area contributed by atoms with Crippen LogP contribution in [-0.2, 0) is 0 Å². The molecule has 1 aromatic rings. The molecule has 7 heteroatoms. The van der Waals surface area contributed by atoms with Gasteiger partial charge in [0.15, 0.2) is 0 Å². The van der Waals surface area contributed by atoms with Crippen LogP contribution in [0.25, 0.3) is 0 Å². The highest BCUT2D eigenvalue weighted by molar-refractivity contribution is 5.94. The molecule has 1 saturated heterocycles. The molecule has 1 aromatic carbocycles. The highest BCUT2D eigenvalue weighted by atomic mass is 35.5. The van der Waals surface area contributed by atoms with Crippen molar-refractivity contribution in [2.45, 2.75) is 32.7 Å². The molecule has 1 aliphatic rings. The van der Waals surface area contributed by atoms with Crippen molar-refractivity contribution in [1.29, 1.82) is 0 Å². The molecule has 0 aliphatic carbocycles. The second kappa shape index (κ2) is 7.56. The third-order valence-corrected chi connectivity index (χ3v) is 4.21. The zero-order valence-corrected chi connectivity index (χ0v) is 13.6. The average molecular weight is 328 g/mol. The number of nitro benzene ring substituents is 1. The molecule has 1 aliphatic heterocycles. The van der Waals surface area contributed by atoms with Gasteiger partial charge >= 0.3 is 0 Å². The van der Waals surface area contributed by atoms with E-state index in [0.717, 1.165) is 12.8 Å². The Hall–Kier alpha value is -1.66. The number of likely N-dealkylation sites (tertiary alicyclic amines) is 1. The van der Waals surface area contributed by atoms with E-state index in [-0.39, 0.29) is 30.0 Å². The van der Waals surface area contributed by atoms with Gasteiger partial charge in [-0.2, -0.15) is 0 Å². The molecule has 0 bridgehead atoms. The Bertz CT molecular complexity index is 555. The van der Waals surface area contributed by atoms with Crippen LogP contribution < -0.4 is 5.73 Å². The van der Waals surface area contributed by atoms with E-state index >= 15 is 0 Å². The van der Waals surface area contributed by atoms with Crippen LogP contribution in [0.2, 0.25) is 0 Å². The number of benzene rings is 1. The summed E-state index contributed by atoms with van der Waals surface area (Å²) in [5, 5.41) is 10.8. The maximum absolute atomic E-state index is 12.4. The van der Waals surface area contributed by atoms with Gasteiger partial charge in [0, 0.05) is 36.3 Å². The Balaban J connectivity index is 0.00000242. The van der Waals surface area contributed by atoms with E-state index in [1.54, 1.807) is 17.9 Å². The first kappa shape index (κ1) is 18.4. The topological polar surface area (TPSA) is 89.5 Å². The number of carbonyl (C=O) groups is 1. The predicted molar refractivity (Wildman–Crippen MR) is 87.4 cm³/mol. The molecule has 0 saturated carbocycles. The summed E-state index contributed by atoms with van der Waals surface area (Å²) in [7, 11) is 0. The molecule has 0 spiro atoms. The van der Waals surface area contributed by atoms with Gasteiger partial charge in [0.25, 0.3) is 11.6 Å². The Morgan fingerprint density at radius 2 is 2.00 bits per heavy atom. The zero-order valence-electron chi connectivity index (χ0n) is 12.8. The third-order valence-electron chi connectivity index (χ3n) is 4.21. The summed E-state index contributed by atoms with van der Waals surface area (Å²) in [5.74, 6) is 0.406. The molecule has 1 unspecified atom stereocenters. The normalized spacial score (nSPS) is 16.8. The van der Waals surface area contributed by atoms with Gasteiger partial charge in [0.1, 0.15) is 0 Å². The first-order valence-electron chi connectivity index (χ1n) is 7.20. The summed E-state index contributed by atoms with van der Waals surface area (Å²) in [4.78, 5) is 24.6. The number of hydrogen-bond acceptors (Lipinski definition) is 4. The van der Waals surface area contributed by atoms with Crippen molar-refractivity contribution in [2.24, 2.45) is 11.7 Å². The molecule has 122 valence electrons. The molecule has 1 heterocycles. The molecular weight excluding hydrogens is 306 g/mol. The number of amides is 1. The highest BCUT2D eigenvalue weighted by Crippen LogP contribution is 2.23. The minimum Gasteiger partial charge on any atom is -0.339 e. The molecule has 0 radical (unpaired) electrons. The van der Waals surface area contributed by atoms with Crippen molar-refractivity contribution in [2.75, 3.05) is 13.1 Å². The standard InChI is InChI=1S/C15H21N3O3.ClH/c1-10-9-13(3-4-14(10)18(20)21)15(19)17-7-5-12(6-8-17)11(2)16;/h3-4,9,11-12H,5-8,16H2,1-2H3;1H. The van der Waals surface area contributed by atoms with Crippen LogP contribution in [0.1, 0.15) is 35.7 Å². The second-order valence-corrected chi connectivity index (χ2v) is 5.75. The second-order valence-electron chi connectivity index (χ2n) is 5.75. The van der Waals surface area contributed by atoms with E-state index < -0.39 is 4.92 Å². The van der Waals surface area contributed by atoms with E-state index in [2.05, 4.69) is 0 Å². The largest absolute Gasteiger partial charge is 0.339 e. The molecule has 2 rings (SSSR count). The Kier molecular flexibility index (Phi) is 6.32. The quantitative estimate of drug-likeness (QED) is 0.682. The van der Waals surface area contributed by atoms with Crippen LogP contribution in [0.4, 0.5) is 5.69 Å². The minimum atomic E-state index is -0.433. The van der Waals surface area contributed by atoms with Gasteiger partial charge in [-0.15, -0.1) is 12.4 Å². The maximum Gasteiger partial charge on any atom is 0.272 e. The lowest BCUT2D eigenvalue weighted by atomic mass is 9.90. The van der Waals surface area contributed by atoms with Crippen LogP contribution in [0, 0.1) is 23.0 Å². The first-order chi connectivity index (χ1) is 9.90. The number of piperidine rings is 1. The van der Waals surface area contributed by atoms with Crippen molar-refractivity contribution in [3.63, 3.8) is 0 Å². The number of aryl methyl sites for hydroxylation is 1. The molecule has 6 nitrogen and oxygen atoms in total. The van der Waals surface area contributed by atoms with Gasteiger partial charge in [0.2, 0.25) is 0 Å². The van der Waals surface area contributed by atoms with Crippen LogP contribution in [0.5, 0.6) is 0 Å². The number of nitro groups is 1. The lowest BCUT2D eigenvalue weighted by Crippen LogP contribution is -2.42. The van der Waals surface area contributed by atoms with Crippen molar-refractivity contribution in [3.8, 4) is 0 Å². The molecule has 1 atom stereocenters. The number of hydrogen-bond donors (Lipinski definition) is 1. The minimum absolute atomic E-state index is 0. The van der Waals surface area contributed by atoms with Gasteiger partial charge in [0.05, 0.1) is 4.92 Å². The van der Waals surface area contributed by atoms with E-state index in [0.29, 0.717) is 30.1 Å². The molecule has 2 N–H and O–H groups in total. The summed E-state index contributed by atoms with van der Waals surface area (Å²) < 4.78 is 0. The van der Waals surface area contributed by atoms with Crippen LogP contribution in [-0.4, -0.2) is 34.9 Å². The monoisotopic (exact) mass is 327 g/mol. The van der Waals surface area contributed by atoms with Crippen molar-refractivity contribution in [1.82, 2.24) is 4.90 Å². The lowest BCUT2D eigenvalue weighted by molar-refractivity contribution is -0.385. The summed E-state index contributed by atoms with van der Waals surface area (Å²) >= 11 is 0. The number of carbonyl (C=O) groups excluding carboxylic acids is 1. The SMILES string of the molecule is Cc1cc(C(=O)N2CCC(C(C)N)CC2)ccc1[N+](=O)[O-].Cl. The molecule has 1 fully saturated rings. The maximum atomic E-state index is 12.4. The average Bonchev–Trinajstić information content (AvgIpc) is 2.46. The molecular formula is C15H22ClN3O3. The predicted octanol–water partition coefficient (Wildman–Crippen LogP) is 2.52. The Labute approximate surface area is 136 Å². The Morgan fingerprint density at radius 3 is 2.45 bits per heavy atom.